The first-order valence-corrected chi connectivity index (χ1v) is 6.68. The number of ether oxygens (including phenoxy) is 1. The van der Waals surface area contributed by atoms with Gasteiger partial charge in [-0.05, 0) is 30.7 Å². The summed E-state index contributed by atoms with van der Waals surface area (Å²) in [7, 11) is 1.67. The van der Waals surface area contributed by atoms with Crippen LogP contribution in [-0.2, 0) is 17.8 Å². The van der Waals surface area contributed by atoms with Crippen molar-refractivity contribution in [3.8, 4) is 0 Å². The van der Waals surface area contributed by atoms with E-state index in [1.54, 1.807) is 7.11 Å². The Morgan fingerprint density at radius 2 is 1.95 bits per heavy atom. The van der Waals surface area contributed by atoms with Gasteiger partial charge in [0.05, 0.1) is 6.04 Å². The third kappa shape index (κ3) is 3.94. The van der Waals surface area contributed by atoms with E-state index in [4.69, 9.17) is 9.15 Å². The molecule has 0 aliphatic rings. The fraction of sp³-hybridized carbons (Fsp3) is 0.375. The van der Waals surface area contributed by atoms with Gasteiger partial charge in [-0.3, -0.25) is 0 Å². The van der Waals surface area contributed by atoms with Crippen molar-refractivity contribution in [2.24, 2.45) is 0 Å². The lowest BCUT2D eigenvalue weighted by atomic mass is 10.0. The van der Waals surface area contributed by atoms with E-state index in [1.807, 2.05) is 18.2 Å². The van der Waals surface area contributed by atoms with E-state index >= 15 is 0 Å². The predicted molar refractivity (Wildman–Crippen MR) is 76.0 cm³/mol. The number of methoxy groups -OCH3 is 1. The van der Waals surface area contributed by atoms with Crippen molar-refractivity contribution < 1.29 is 9.15 Å². The highest BCUT2D eigenvalue weighted by molar-refractivity contribution is 5.19. The number of benzene rings is 1. The maximum absolute atomic E-state index is 5.82. The fourth-order valence-corrected chi connectivity index (χ4v) is 2.17. The van der Waals surface area contributed by atoms with Gasteiger partial charge in [0.15, 0.2) is 0 Å². The van der Waals surface area contributed by atoms with Gasteiger partial charge in [-0.2, -0.15) is 0 Å². The van der Waals surface area contributed by atoms with E-state index in [0.717, 1.165) is 24.5 Å². The number of likely N-dealkylation sites (N-methyl/N-ethyl adjacent to an activating group) is 1. The summed E-state index contributed by atoms with van der Waals surface area (Å²) in [6, 6.07) is 14.7. The average Bonchev–Trinajstić information content (AvgIpc) is 2.88. The quantitative estimate of drug-likeness (QED) is 0.828. The zero-order valence-electron chi connectivity index (χ0n) is 11.6. The standard InChI is InChI=1S/C16H21NO2/c1-3-17-15(11-13-7-5-4-6-8-13)16-10-9-14(19-16)12-18-2/h4-10,15,17H,3,11-12H2,1-2H3. The first-order chi connectivity index (χ1) is 9.33. The van der Waals surface area contributed by atoms with Gasteiger partial charge < -0.3 is 14.5 Å². The molecule has 102 valence electrons. The predicted octanol–water partition coefficient (Wildman–Crippen LogP) is 3.32. The summed E-state index contributed by atoms with van der Waals surface area (Å²) < 4.78 is 10.9. The number of nitrogens with one attached hydrogen (secondary N) is 1. The van der Waals surface area contributed by atoms with Crippen LogP contribution < -0.4 is 5.32 Å². The molecule has 0 saturated heterocycles. The van der Waals surface area contributed by atoms with Crippen molar-refractivity contribution in [1.29, 1.82) is 0 Å². The van der Waals surface area contributed by atoms with Gasteiger partial charge >= 0.3 is 0 Å². The fourth-order valence-electron chi connectivity index (χ4n) is 2.17. The second kappa shape index (κ2) is 7.12. The Labute approximate surface area is 114 Å². The molecule has 3 heteroatoms. The van der Waals surface area contributed by atoms with Gasteiger partial charge in [0.2, 0.25) is 0 Å². The molecule has 1 N–H and O–H groups in total. The highest BCUT2D eigenvalue weighted by Crippen LogP contribution is 2.21. The number of hydrogen-bond donors (Lipinski definition) is 1. The lowest BCUT2D eigenvalue weighted by Crippen LogP contribution is -2.22. The monoisotopic (exact) mass is 259 g/mol. The second-order valence-electron chi connectivity index (χ2n) is 4.54. The minimum atomic E-state index is 0.206. The summed E-state index contributed by atoms with van der Waals surface area (Å²) in [6.07, 6.45) is 0.925. The SMILES string of the molecule is CCNC(Cc1ccccc1)c1ccc(COC)o1. The van der Waals surface area contributed by atoms with Crippen molar-refractivity contribution in [2.45, 2.75) is 26.0 Å². The Hall–Kier alpha value is -1.58. The zero-order valence-corrected chi connectivity index (χ0v) is 11.6. The Bertz CT molecular complexity index is 479. The molecular formula is C16H21NO2. The van der Waals surface area contributed by atoms with Crippen LogP contribution in [-0.4, -0.2) is 13.7 Å². The third-order valence-electron chi connectivity index (χ3n) is 3.05. The Morgan fingerprint density at radius 1 is 1.16 bits per heavy atom. The Morgan fingerprint density at radius 3 is 2.63 bits per heavy atom. The molecular weight excluding hydrogens is 238 g/mol. The normalized spacial score (nSPS) is 12.5. The van der Waals surface area contributed by atoms with E-state index < -0.39 is 0 Å². The topological polar surface area (TPSA) is 34.4 Å². The van der Waals surface area contributed by atoms with Crippen LogP contribution in [0.4, 0.5) is 0 Å². The molecule has 0 saturated carbocycles. The van der Waals surface area contributed by atoms with Gasteiger partial charge in [0.25, 0.3) is 0 Å². The zero-order chi connectivity index (χ0) is 13.5. The van der Waals surface area contributed by atoms with E-state index in [0.29, 0.717) is 6.61 Å². The van der Waals surface area contributed by atoms with Crippen LogP contribution in [0, 0.1) is 0 Å². The third-order valence-corrected chi connectivity index (χ3v) is 3.05. The summed E-state index contributed by atoms with van der Waals surface area (Å²) in [4.78, 5) is 0. The van der Waals surface area contributed by atoms with Crippen molar-refractivity contribution in [2.75, 3.05) is 13.7 Å². The van der Waals surface area contributed by atoms with Crippen LogP contribution in [0.2, 0.25) is 0 Å². The molecule has 1 heterocycles. The van der Waals surface area contributed by atoms with E-state index in [1.165, 1.54) is 5.56 Å². The highest BCUT2D eigenvalue weighted by Gasteiger charge is 2.15. The second-order valence-corrected chi connectivity index (χ2v) is 4.54. The molecule has 1 aromatic heterocycles. The van der Waals surface area contributed by atoms with E-state index in [2.05, 4.69) is 36.5 Å². The van der Waals surface area contributed by atoms with Gasteiger partial charge in [-0.25, -0.2) is 0 Å². The first kappa shape index (κ1) is 13.8. The van der Waals surface area contributed by atoms with Crippen molar-refractivity contribution >= 4 is 0 Å². The first-order valence-electron chi connectivity index (χ1n) is 6.68. The molecule has 3 nitrogen and oxygen atoms in total. The van der Waals surface area contributed by atoms with Crippen LogP contribution in [0.15, 0.2) is 46.9 Å². The number of furan rings is 1. The Balaban J connectivity index is 2.10. The molecule has 2 aromatic rings. The van der Waals surface area contributed by atoms with Crippen LogP contribution in [0.25, 0.3) is 0 Å². The summed E-state index contributed by atoms with van der Waals surface area (Å²) >= 11 is 0. The molecule has 0 aliphatic heterocycles. The molecule has 1 aromatic carbocycles. The molecule has 0 amide bonds. The van der Waals surface area contributed by atoms with E-state index in [-0.39, 0.29) is 6.04 Å². The van der Waals surface area contributed by atoms with Gasteiger partial charge in [-0.15, -0.1) is 0 Å². The molecule has 0 aliphatic carbocycles. The van der Waals surface area contributed by atoms with Crippen LogP contribution in [0.1, 0.15) is 30.0 Å². The van der Waals surface area contributed by atoms with Crippen LogP contribution in [0.3, 0.4) is 0 Å². The molecule has 2 rings (SSSR count). The summed E-state index contributed by atoms with van der Waals surface area (Å²) in [5, 5.41) is 3.47. The van der Waals surface area contributed by atoms with Gasteiger partial charge in [0.1, 0.15) is 18.1 Å². The minimum absolute atomic E-state index is 0.206. The van der Waals surface area contributed by atoms with Crippen molar-refractivity contribution in [3.63, 3.8) is 0 Å². The highest BCUT2D eigenvalue weighted by atomic mass is 16.5. The summed E-state index contributed by atoms with van der Waals surface area (Å²) in [5.74, 6) is 1.84. The lowest BCUT2D eigenvalue weighted by Gasteiger charge is -2.15. The molecule has 1 atom stereocenters. The largest absolute Gasteiger partial charge is 0.462 e. The number of hydrogen-bond acceptors (Lipinski definition) is 3. The molecule has 0 fully saturated rings. The average molecular weight is 259 g/mol. The molecule has 19 heavy (non-hydrogen) atoms. The van der Waals surface area contributed by atoms with Crippen LogP contribution in [0.5, 0.6) is 0 Å². The Kier molecular flexibility index (Phi) is 5.19. The maximum Gasteiger partial charge on any atom is 0.129 e. The van der Waals surface area contributed by atoms with Crippen molar-refractivity contribution in [3.05, 3.63) is 59.5 Å². The lowest BCUT2D eigenvalue weighted by molar-refractivity contribution is 0.161. The van der Waals surface area contributed by atoms with Gasteiger partial charge in [0, 0.05) is 7.11 Å². The van der Waals surface area contributed by atoms with Crippen LogP contribution >= 0.6 is 0 Å². The molecule has 0 spiro atoms. The van der Waals surface area contributed by atoms with Crippen molar-refractivity contribution in [1.82, 2.24) is 5.32 Å². The van der Waals surface area contributed by atoms with Gasteiger partial charge in [-0.1, -0.05) is 37.3 Å². The van der Waals surface area contributed by atoms with E-state index in [9.17, 15) is 0 Å². The summed E-state index contributed by atoms with van der Waals surface area (Å²) in [5.41, 5.74) is 1.30. The molecule has 1 unspecified atom stereocenters. The molecule has 0 radical (unpaired) electrons. The maximum atomic E-state index is 5.82. The summed E-state index contributed by atoms with van der Waals surface area (Å²) in [6.45, 7) is 3.54. The molecule has 0 bridgehead atoms. The number of rotatable bonds is 7. The minimum Gasteiger partial charge on any atom is -0.462 e. The smallest absolute Gasteiger partial charge is 0.129 e.